The van der Waals surface area contributed by atoms with Crippen LogP contribution in [-0.4, -0.2) is 29.7 Å². The van der Waals surface area contributed by atoms with Crippen molar-refractivity contribution >= 4 is 23.1 Å². The van der Waals surface area contributed by atoms with Crippen LogP contribution in [0.5, 0.6) is 5.75 Å². The second kappa shape index (κ2) is 7.43. The van der Waals surface area contributed by atoms with Crippen LogP contribution in [0, 0.1) is 11.8 Å². The van der Waals surface area contributed by atoms with Crippen LogP contribution in [0.1, 0.15) is 21.8 Å². The molecule has 0 fully saturated rings. The van der Waals surface area contributed by atoms with Crippen molar-refractivity contribution < 1.29 is 14.6 Å². The summed E-state index contributed by atoms with van der Waals surface area (Å²) in [5.41, 5.74) is 0.546. The molecule has 0 saturated heterocycles. The van der Waals surface area contributed by atoms with Crippen molar-refractivity contribution in [1.82, 2.24) is 4.98 Å². The van der Waals surface area contributed by atoms with E-state index in [-0.39, 0.29) is 12.5 Å². The molecule has 2 aromatic heterocycles. The summed E-state index contributed by atoms with van der Waals surface area (Å²) in [5, 5.41) is 13.2. The lowest BCUT2D eigenvalue weighted by atomic mass is 10.3. The number of nitrogens with zero attached hydrogens (tertiary/aromatic N) is 1. The lowest BCUT2D eigenvalue weighted by Gasteiger charge is -2.02. The Kier molecular flexibility index (Phi) is 5.32. The average molecular weight is 302 g/mol. The Balaban J connectivity index is 2.07. The average Bonchev–Trinajstić information content (AvgIpc) is 2.97. The molecule has 0 unspecified atom stereocenters. The molecule has 5 nitrogen and oxygen atoms in total. The van der Waals surface area contributed by atoms with Crippen molar-refractivity contribution in [2.24, 2.45) is 0 Å². The van der Waals surface area contributed by atoms with E-state index in [9.17, 15) is 4.79 Å². The first kappa shape index (κ1) is 15.0. The van der Waals surface area contributed by atoms with Gasteiger partial charge in [-0.15, -0.1) is 11.3 Å². The lowest BCUT2D eigenvalue weighted by molar-refractivity contribution is 0.103. The molecule has 0 spiro atoms. The normalized spacial score (nSPS) is 9.62. The molecule has 2 rings (SSSR count). The fourth-order valence-electron chi connectivity index (χ4n) is 1.51. The first-order valence-electron chi connectivity index (χ1n) is 6.23. The molecule has 0 aliphatic rings. The van der Waals surface area contributed by atoms with E-state index < -0.39 is 0 Å². The Bertz CT molecular complexity index is 685. The first-order chi connectivity index (χ1) is 10.2. The molecule has 0 aliphatic carbocycles. The van der Waals surface area contributed by atoms with E-state index >= 15 is 0 Å². The number of carbonyl (C=O) groups is 1. The zero-order valence-electron chi connectivity index (χ0n) is 11.4. The van der Waals surface area contributed by atoms with Gasteiger partial charge in [-0.3, -0.25) is 4.79 Å². The molecular formula is C15H14N2O3S. The zero-order chi connectivity index (χ0) is 15.1. The van der Waals surface area contributed by atoms with Crippen LogP contribution in [-0.2, 0) is 0 Å². The van der Waals surface area contributed by atoms with Gasteiger partial charge in [0.1, 0.15) is 17.3 Å². The summed E-state index contributed by atoms with van der Waals surface area (Å²) in [5.74, 6) is 6.46. The van der Waals surface area contributed by atoms with Gasteiger partial charge < -0.3 is 15.2 Å². The van der Waals surface area contributed by atoms with Crippen LogP contribution in [0.2, 0.25) is 0 Å². The van der Waals surface area contributed by atoms with E-state index in [2.05, 4.69) is 22.1 Å². The van der Waals surface area contributed by atoms with Gasteiger partial charge in [-0.1, -0.05) is 12.0 Å². The molecule has 0 saturated carbocycles. The maximum Gasteiger partial charge on any atom is 0.267 e. The van der Waals surface area contributed by atoms with Gasteiger partial charge in [0, 0.05) is 17.9 Å². The number of nitrogens with one attached hydrogen (secondary N) is 1. The lowest BCUT2D eigenvalue weighted by Crippen LogP contribution is -2.11. The quantitative estimate of drug-likeness (QED) is 0.849. The topological polar surface area (TPSA) is 71.5 Å². The van der Waals surface area contributed by atoms with E-state index in [1.165, 1.54) is 11.3 Å². The summed E-state index contributed by atoms with van der Waals surface area (Å²) in [4.78, 5) is 16.8. The highest BCUT2D eigenvalue weighted by molar-refractivity contribution is 7.12. The highest BCUT2D eigenvalue weighted by atomic mass is 32.1. The minimum atomic E-state index is -0.240. The minimum Gasteiger partial charge on any atom is -0.496 e. The number of hydrogen-bond donors (Lipinski definition) is 2. The summed E-state index contributed by atoms with van der Waals surface area (Å²) >= 11 is 1.30. The largest absolute Gasteiger partial charge is 0.496 e. The van der Waals surface area contributed by atoms with Crippen molar-refractivity contribution in [3.05, 3.63) is 40.2 Å². The Morgan fingerprint density at radius 2 is 2.38 bits per heavy atom. The number of ether oxygens (including phenoxy) is 1. The number of amides is 1. The first-order valence-corrected chi connectivity index (χ1v) is 7.11. The van der Waals surface area contributed by atoms with E-state index in [1.54, 1.807) is 36.8 Å². The summed E-state index contributed by atoms with van der Waals surface area (Å²) in [6, 6.07) is 6.87. The number of methoxy groups -OCH3 is 1. The number of anilines is 1. The predicted molar refractivity (Wildman–Crippen MR) is 81.6 cm³/mol. The molecule has 2 aromatic rings. The molecule has 6 heteroatoms. The van der Waals surface area contributed by atoms with Gasteiger partial charge >= 0.3 is 0 Å². The van der Waals surface area contributed by atoms with E-state index in [0.29, 0.717) is 28.6 Å². The third-order valence-electron chi connectivity index (χ3n) is 2.48. The summed E-state index contributed by atoms with van der Waals surface area (Å²) in [6.45, 7) is 0.0175. The van der Waals surface area contributed by atoms with Crippen LogP contribution < -0.4 is 10.1 Å². The molecule has 21 heavy (non-hydrogen) atoms. The van der Waals surface area contributed by atoms with Crippen LogP contribution in [0.4, 0.5) is 5.82 Å². The van der Waals surface area contributed by atoms with E-state index in [1.807, 2.05) is 0 Å². The zero-order valence-corrected chi connectivity index (χ0v) is 12.2. The Hall–Kier alpha value is -2.36. The fourth-order valence-corrected chi connectivity index (χ4v) is 2.26. The fraction of sp³-hybridized carbons (Fsp3) is 0.200. The van der Waals surface area contributed by atoms with Gasteiger partial charge in [-0.05, 0) is 18.1 Å². The highest BCUT2D eigenvalue weighted by Gasteiger charge is 2.10. The third kappa shape index (κ3) is 4.31. The maximum absolute atomic E-state index is 12.0. The Morgan fingerprint density at radius 3 is 3.10 bits per heavy atom. The molecule has 108 valence electrons. The highest BCUT2D eigenvalue weighted by Crippen LogP contribution is 2.21. The van der Waals surface area contributed by atoms with Crippen molar-refractivity contribution in [2.45, 2.75) is 6.42 Å². The van der Waals surface area contributed by atoms with Crippen LogP contribution in [0.3, 0.4) is 0 Å². The number of hydrogen-bond acceptors (Lipinski definition) is 5. The number of aromatic nitrogens is 1. The van der Waals surface area contributed by atoms with Crippen molar-refractivity contribution in [3.63, 3.8) is 0 Å². The van der Waals surface area contributed by atoms with Gasteiger partial charge in [0.05, 0.1) is 18.6 Å². The molecule has 0 aromatic carbocycles. The summed E-state index contributed by atoms with van der Waals surface area (Å²) in [6.07, 6.45) is 0.396. The Labute approximate surface area is 126 Å². The SMILES string of the molecule is COc1csc(C(=O)Nc2cccc(C#CCCO)n2)c1. The molecule has 2 N–H and O–H groups in total. The molecule has 1 amide bonds. The second-order valence-electron chi connectivity index (χ2n) is 3.99. The third-order valence-corrected chi connectivity index (χ3v) is 3.39. The summed E-state index contributed by atoms with van der Waals surface area (Å²) < 4.78 is 5.05. The number of aliphatic hydroxyl groups is 1. The standard InChI is InChI=1S/C15H14N2O3S/c1-20-12-9-13(21-10-12)15(19)17-14-7-4-6-11(16-14)5-2-3-8-18/h4,6-7,9-10,18H,3,8H2,1H3,(H,16,17,19). The summed E-state index contributed by atoms with van der Waals surface area (Å²) in [7, 11) is 1.56. The van der Waals surface area contributed by atoms with Crippen LogP contribution >= 0.6 is 11.3 Å². The number of rotatable bonds is 4. The molecule has 0 aliphatic heterocycles. The van der Waals surface area contributed by atoms with Gasteiger partial charge in [0.25, 0.3) is 5.91 Å². The van der Waals surface area contributed by atoms with Crippen LogP contribution in [0.15, 0.2) is 29.6 Å². The Morgan fingerprint density at radius 1 is 1.52 bits per heavy atom. The van der Waals surface area contributed by atoms with Gasteiger partial charge in [-0.25, -0.2) is 4.98 Å². The smallest absolute Gasteiger partial charge is 0.267 e. The monoisotopic (exact) mass is 302 g/mol. The van der Waals surface area contributed by atoms with E-state index in [4.69, 9.17) is 9.84 Å². The van der Waals surface area contributed by atoms with Crippen molar-refractivity contribution in [1.29, 1.82) is 0 Å². The number of aliphatic hydroxyl groups excluding tert-OH is 1. The number of carbonyl (C=O) groups excluding carboxylic acids is 1. The molecule has 2 heterocycles. The van der Waals surface area contributed by atoms with Crippen molar-refractivity contribution in [2.75, 3.05) is 19.0 Å². The molecule has 0 radical (unpaired) electrons. The molecular weight excluding hydrogens is 288 g/mol. The predicted octanol–water partition coefficient (Wildman–Crippen LogP) is 2.14. The van der Waals surface area contributed by atoms with E-state index in [0.717, 1.165) is 0 Å². The number of pyridine rings is 1. The van der Waals surface area contributed by atoms with Gasteiger partial charge in [0.15, 0.2) is 0 Å². The van der Waals surface area contributed by atoms with Gasteiger partial charge in [-0.2, -0.15) is 0 Å². The minimum absolute atomic E-state index is 0.0175. The molecule has 0 atom stereocenters. The molecule has 0 bridgehead atoms. The van der Waals surface area contributed by atoms with Crippen LogP contribution in [0.25, 0.3) is 0 Å². The number of thiophene rings is 1. The van der Waals surface area contributed by atoms with Crippen molar-refractivity contribution in [3.8, 4) is 17.6 Å². The van der Waals surface area contributed by atoms with Gasteiger partial charge in [0.2, 0.25) is 0 Å². The second-order valence-corrected chi connectivity index (χ2v) is 4.90. The maximum atomic E-state index is 12.0.